The van der Waals surface area contributed by atoms with Crippen LogP contribution in [0.2, 0.25) is 0 Å². The van der Waals surface area contributed by atoms with E-state index in [2.05, 4.69) is 9.71 Å². The highest BCUT2D eigenvalue weighted by Gasteiger charge is 2.15. The molecule has 0 fully saturated rings. The van der Waals surface area contributed by atoms with Gasteiger partial charge in [0.25, 0.3) is 10.0 Å². The minimum atomic E-state index is -3.75. The summed E-state index contributed by atoms with van der Waals surface area (Å²) in [6.07, 6.45) is 7.11. The van der Waals surface area contributed by atoms with Crippen LogP contribution in [0, 0.1) is 11.3 Å². The van der Waals surface area contributed by atoms with Gasteiger partial charge in [-0.15, -0.1) is 0 Å². The second-order valence-corrected chi connectivity index (χ2v) is 7.13. The number of nitrogens with one attached hydrogen (secondary N) is 1. The molecular formula is C20H15N3O2S. The van der Waals surface area contributed by atoms with Crippen LogP contribution in [0.1, 0.15) is 16.7 Å². The molecule has 0 saturated carbocycles. The number of aromatic nitrogens is 1. The predicted molar refractivity (Wildman–Crippen MR) is 102 cm³/mol. The van der Waals surface area contributed by atoms with Crippen molar-refractivity contribution in [2.24, 2.45) is 0 Å². The molecular weight excluding hydrogens is 346 g/mol. The van der Waals surface area contributed by atoms with Gasteiger partial charge in [-0.1, -0.05) is 30.4 Å². The Kier molecular flexibility index (Phi) is 5.11. The molecule has 5 nitrogen and oxygen atoms in total. The molecule has 0 amide bonds. The monoisotopic (exact) mass is 361 g/mol. The maximum atomic E-state index is 12.6. The van der Waals surface area contributed by atoms with E-state index in [1.54, 1.807) is 24.5 Å². The van der Waals surface area contributed by atoms with Gasteiger partial charge < -0.3 is 0 Å². The fraction of sp³-hybridized carbons (Fsp3) is 0. The molecule has 26 heavy (non-hydrogen) atoms. The largest absolute Gasteiger partial charge is 0.279 e. The molecule has 128 valence electrons. The molecule has 2 aromatic carbocycles. The number of para-hydroxylation sites is 1. The molecule has 6 heteroatoms. The molecule has 1 aromatic heterocycles. The molecule has 1 N–H and O–H groups in total. The van der Waals surface area contributed by atoms with Crippen LogP contribution in [-0.4, -0.2) is 13.4 Å². The van der Waals surface area contributed by atoms with Gasteiger partial charge in [0.2, 0.25) is 0 Å². The average Bonchev–Trinajstić information content (AvgIpc) is 2.68. The van der Waals surface area contributed by atoms with Crippen LogP contribution >= 0.6 is 0 Å². The van der Waals surface area contributed by atoms with Crippen molar-refractivity contribution in [2.75, 3.05) is 4.72 Å². The Morgan fingerprint density at radius 1 is 0.923 bits per heavy atom. The number of hydrogen-bond donors (Lipinski definition) is 1. The lowest BCUT2D eigenvalue weighted by Crippen LogP contribution is -2.13. The summed E-state index contributed by atoms with van der Waals surface area (Å²) in [6.45, 7) is 0. The lowest BCUT2D eigenvalue weighted by Gasteiger charge is -2.11. The van der Waals surface area contributed by atoms with Gasteiger partial charge in [-0.2, -0.15) is 5.26 Å². The maximum Gasteiger partial charge on any atom is 0.261 e. The van der Waals surface area contributed by atoms with Gasteiger partial charge in [0.15, 0.2) is 0 Å². The van der Waals surface area contributed by atoms with Crippen LogP contribution in [0.15, 0.2) is 78.0 Å². The van der Waals surface area contributed by atoms with Gasteiger partial charge in [0, 0.05) is 12.4 Å². The molecule has 0 aliphatic carbocycles. The third-order valence-electron chi connectivity index (χ3n) is 3.66. The van der Waals surface area contributed by atoms with E-state index >= 15 is 0 Å². The number of anilines is 1. The molecule has 3 aromatic rings. The van der Waals surface area contributed by atoms with Crippen molar-refractivity contribution in [1.29, 1.82) is 5.26 Å². The van der Waals surface area contributed by atoms with Gasteiger partial charge in [-0.05, 0) is 53.6 Å². The van der Waals surface area contributed by atoms with Gasteiger partial charge in [-0.25, -0.2) is 8.42 Å². The first-order valence-corrected chi connectivity index (χ1v) is 9.27. The van der Waals surface area contributed by atoms with Crippen molar-refractivity contribution in [3.63, 3.8) is 0 Å². The normalized spacial score (nSPS) is 11.2. The average molecular weight is 361 g/mol. The van der Waals surface area contributed by atoms with Crippen LogP contribution < -0.4 is 4.72 Å². The van der Waals surface area contributed by atoms with Crippen molar-refractivity contribution in [3.8, 4) is 6.07 Å². The predicted octanol–water partition coefficient (Wildman–Crippen LogP) is 3.92. The molecule has 1 heterocycles. The van der Waals surface area contributed by atoms with Crippen LogP contribution in [0.5, 0.6) is 0 Å². The van der Waals surface area contributed by atoms with Crippen molar-refractivity contribution in [2.45, 2.75) is 4.90 Å². The summed E-state index contributed by atoms with van der Waals surface area (Å²) in [4.78, 5) is 4.07. The number of rotatable bonds is 5. The van der Waals surface area contributed by atoms with Gasteiger partial charge in [-0.3, -0.25) is 9.71 Å². The molecule has 0 saturated heterocycles. The summed E-state index contributed by atoms with van der Waals surface area (Å²) < 4.78 is 27.8. The smallest absolute Gasteiger partial charge is 0.261 e. The molecule has 0 spiro atoms. The molecule has 0 radical (unpaired) electrons. The molecule has 3 rings (SSSR count). The highest BCUT2D eigenvalue weighted by molar-refractivity contribution is 7.92. The Labute approximate surface area is 152 Å². The van der Waals surface area contributed by atoms with Crippen LogP contribution in [0.4, 0.5) is 5.69 Å². The van der Waals surface area contributed by atoms with E-state index in [-0.39, 0.29) is 4.90 Å². The Hall–Kier alpha value is -3.43. The third-order valence-corrected chi connectivity index (χ3v) is 5.04. The standard InChI is InChI=1S/C20H15N3O2S/c21-15-17-6-9-19(10-7-17)26(24,25)23-20-4-2-1-3-18(20)8-5-16-11-13-22-14-12-16/h1-14,23H/b8-5+. The Bertz CT molecular complexity index is 1070. The number of nitriles is 1. The van der Waals surface area contributed by atoms with Crippen LogP contribution in [0.3, 0.4) is 0 Å². The Morgan fingerprint density at radius 3 is 2.31 bits per heavy atom. The van der Waals surface area contributed by atoms with Gasteiger partial charge >= 0.3 is 0 Å². The molecule has 0 aliphatic heterocycles. The van der Waals surface area contributed by atoms with Crippen molar-refractivity contribution in [3.05, 3.63) is 89.7 Å². The Morgan fingerprint density at radius 2 is 1.62 bits per heavy atom. The maximum absolute atomic E-state index is 12.6. The van der Waals surface area contributed by atoms with Crippen molar-refractivity contribution < 1.29 is 8.42 Å². The van der Waals surface area contributed by atoms with Gasteiger partial charge in [0.05, 0.1) is 22.2 Å². The highest BCUT2D eigenvalue weighted by atomic mass is 32.2. The summed E-state index contributed by atoms with van der Waals surface area (Å²) in [5.74, 6) is 0. The highest BCUT2D eigenvalue weighted by Crippen LogP contribution is 2.22. The number of benzene rings is 2. The topological polar surface area (TPSA) is 82.8 Å². The number of sulfonamides is 1. The number of hydrogen-bond acceptors (Lipinski definition) is 4. The summed E-state index contributed by atoms with van der Waals surface area (Å²) in [5.41, 5.74) is 2.58. The quantitative estimate of drug-likeness (QED) is 0.746. The number of nitrogens with zero attached hydrogens (tertiary/aromatic N) is 2. The van der Waals surface area contributed by atoms with E-state index in [1.807, 2.05) is 42.5 Å². The second-order valence-electron chi connectivity index (χ2n) is 5.44. The van der Waals surface area contributed by atoms with Crippen LogP contribution in [-0.2, 0) is 10.0 Å². The first-order chi connectivity index (χ1) is 12.6. The summed E-state index contributed by atoms with van der Waals surface area (Å²) in [7, 11) is -3.75. The third kappa shape index (κ3) is 4.15. The molecule has 0 bridgehead atoms. The van der Waals surface area contributed by atoms with E-state index in [9.17, 15) is 8.42 Å². The fourth-order valence-corrected chi connectivity index (χ4v) is 3.40. The zero-order valence-electron chi connectivity index (χ0n) is 13.7. The number of pyridine rings is 1. The fourth-order valence-electron chi connectivity index (χ4n) is 2.31. The SMILES string of the molecule is N#Cc1ccc(S(=O)(=O)Nc2ccccc2/C=C/c2ccncc2)cc1. The minimum absolute atomic E-state index is 0.101. The van der Waals surface area contributed by atoms with Crippen LogP contribution in [0.25, 0.3) is 12.2 Å². The minimum Gasteiger partial charge on any atom is -0.279 e. The van der Waals surface area contributed by atoms with Crippen molar-refractivity contribution in [1.82, 2.24) is 4.98 Å². The second kappa shape index (κ2) is 7.64. The van der Waals surface area contributed by atoms with Gasteiger partial charge in [0.1, 0.15) is 0 Å². The molecule has 0 aliphatic rings. The first kappa shape index (κ1) is 17.4. The first-order valence-electron chi connectivity index (χ1n) is 7.79. The molecule has 0 unspecified atom stereocenters. The zero-order valence-corrected chi connectivity index (χ0v) is 14.5. The van der Waals surface area contributed by atoms with Crippen molar-refractivity contribution >= 4 is 27.9 Å². The summed E-state index contributed by atoms with van der Waals surface area (Å²) >= 11 is 0. The van der Waals surface area contributed by atoms with E-state index in [0.29, 0.717) is 11.3 Å². The molecule has 0 atom stereocenters. The zero-order chi connectivity index (χ0) is 18.4. The lowest BCUT2D eigenvalue weighted by atomic mass is 10.1. The summed E-state index contributed by atoms with van der Waals surface area (Å²) in [5, 5.41) is 8.83. The van der Waals surface area contributed by atoms with E-state index in [1.165, 1.54) is 24.3 Å². The van der Waals surface area contributed by atoms with E-state index in [0.717, 1.165) is 11.1 Å². The Balaban J connectivity index is 1.88. The van der Waals surface area contributed by atoms with E-state index in [4.69, 9.17) is 5.26 Å². The lowest BCUT2D eigenvalue weighted by molar-refractivity contribution is 0.601. The summed E-state index contributed by atoms with van der Waals surface area (Å²) in [6, 6.07) is 18.6. The van der Waals surface area contributed by atoms with E-state index < -0.39 is 10.0 Å².